The van der Waals surface area contributed by atoms with E-state index in [1.807, 2.05) is 0 Å². The van der Waals surface area contributed by atoms with E-state index in [0.717, 1.165) is 13.0 Å². The molecule has 1 fully saturated rings. The molecule has 2 rings (SSSR count). The summed E-state index contributed by atoms with van der Waals surface area (Å²) in [5.74, 6) is 0.623. The zero-order valence-corrected chi connectivity index (χ0v) is 10.6. The fraction of sp³-hybridized carbons (Fsp3) is 0.538. The SMILES string of the molecule is CCC1OCCC1C(Br)c1ccccc1. The Morgan fingerprint density at radius 1 is 1.40 bits per heavy atom. The van der Waals surface area contributed by atoms with Crippen LogP contribution in [0.25, 0.3) is 0 Å². The average molecular weight is 269 g/mol. The van der Waals surface area contributed by atoms with Crippen LogP contribution in [-0.4, -0.2) is 12.7 Å². The summed E-state index contributed by atoms with van der Waals surface area (Å²) < 4.78 is 5.73. The van der Waals surface area contributed by atoms with Crippen molar-refractivity contribution in [1.82, 2.24) is 0 Å². The van der Waals surface area contributed by atoms with Crippen molar-refractivity contribution in [3.63, 3.8) is 0 Å². The number of halogens is 1. The molecule has 0 N–H and O–H groups in total. The van der Waals surface area contributed by atoms with Crippen molar-refractivity contribution in [2.24, 2.45) is 5.92 Å². The molecule has 0 aliphatic carbocycles. The minimum Gasteiger partial charge on any atom is -0.378 e. The third-order valence-electron chi connectivity index (χ3n) is 3.16. The largest absolute Gasteiger partial charge is 0.378 e. The van der Waals surface area contributed by atoms with E-state index in [9.17, 15) is 0 Å². The van der Waals surface area contributed by atoms with Gasteiger partial charge in [0.25, 0.3) is 0 Å². The predicted molar refractivity (Wildman–Crippen MR) is 66.2 cm³/mol. The maximum absolute atomic E-state index is 5.73. The van der Waals surface area contributed by atoms with E-state index in [4.69, 9.17) is 4.74 Å². The van der Waals surface area contributed by atoms with Crippen LogP contribution in [0.4, 0.5) is 0 Å². The van der Waals surface area contributed by atoms with Crippen molar-refractivity contribution in [2.45, 2.75) is 30.7 Å². The molecule has 1 nitrogen and oxygen atoms in total. The predicted octanol–water partition coefficient (Wildman–Crippen LogP) is 3.94. The van der Waals surface area contributed by atoms with Crippen molar-refractivity contribution >= 4 is 15.9 Å². The van der Waals surface area contributed by atoms with Gasteiger partial charge >= 0.3 is 0 Å². The van der Waals surface area contributed by atoms with Crippen molar-refractivity contribution in [3.8, 4) is 0 Å². The monoisotopic (exact) mass is 268 g/mol. The molecule has 3 unspecified atom stereocenters. The summed E-state index contributed by atoms with van der Waals surface area (Å²) in [6.45, 7) is 3.12. The van der Waals surface area contributed by atoms with Gasteiger partial charge in [0, 0.05) is 17.4 Å². The van der Waals surface area contributed by atoms with Crippen LogP contribution in [0, 0.1) is 5.92 Å². The fourth-order valence-electron chi connectivity index (χ4n) is 2.30. The van der Waals surface area contributed by atoms with Gasteiger partial charge in [-0.2, -0.15) is 0 Å². The Labute approximate surface area is 100.0 Å². The molecule has 1 heterocycles. The van der Waals surface area contributed by atoms with E-state index in [1.165, 1.54) is 12.0 Å². The van der Waals surface area contributed by atoms with E-state index in [2.05, 4.69) is 53.2 Å². The molecule has 0 amide bonds. The lowest BCUT2D eigenvalue weighted by Crippen LogP contribution is -2.18. The molecule has 1 aromatic carbocycles. The normalized spacial score (nSPS) is 27.9. The highest BCUT2D eigenvalue weighted by atomic mass is 79.9. The van der Waals surface area contributed by atoms with Crippen molar-refractivity contribution in [1.29, 1.82) is 0 Å². The lowest BCUT2D eigenvalue weighted by molar-refractivity contribution is 0.0873. The first-order chi connectivity index (χ1) is 7.33. The van der Waals surface area contributed by atoms with Gasteiger partial charge in [-0.1, -0.05) is 53.2 Å². The first-order valence-electron chi connectivity index (χ1n) is 5.63. The Morgan fingerprint density at radius 2 is 2.13 bits per heavy atom. The van der Waals surface area contributed by atoms with Crippen molar-refractivity contribution in [2.75, 3.05) is 6.61 Å². The third kappa shape index (κ3) is 2.43. The van der Waals surface area contributed by atoms with E-state index < -0.39 is 0 Å². The maximum atomic E-state index is 5.73. The Balaban J connectivity index is 2.10. The standard InChI is InChI=1S/C13H17BrO/c1-2-12-11(8-9-15-12)13(14)10-6-4-3-5-7-10/h3-7,11-13H,2,8-9H2,1H3. The molecule has 0 radical (unpaired) electrons. The Hall–Kier alpha value is -0.340. The van der Waals surface area contributed by atoms with Crippen LogP contribution in [0.2, 0.25) is 0 Å². The average Bonchev–Trinajstić information content (AvgIpc) is 2.77. The summed E-state index contributed by atoms with van der Waals surface area (Å²) in [5, 5.41) is 0. The number of rotatable bonds is 3. The molecule has 0 aromatic heterocycles. The minimum atomic E-state index is 0.426. The van der Waals surface area contributed by atoms with Gasteiger partial charge in [0.2, 0.25) is 0 Å². The van der Waals surface area contributed by atoms with Crippen LogP contribution in [-0.2, 0) is 4.74 Å². The minimum absolute atomic E-state index is 0.426. The van der Waals surface area contributed by atoms with Crippen LogP contribution in [0.15, 0.2) is 30.3 Å². The summed E-state index contributed by atoms with van der Waals surface area (Å²) in [4.78, 5) is 0.436. The summed E-state index contributed by atoms with van der Waals surface area (Å²) >= 11 is 3.81. The van der Waals surface area contributed by atoms with Gasteiger partial charge in [-0.25, -0.2) is 0 Å². The first-order valence-corrected chi connectivity index (χ1v) is 6.55. The Kier molecular flexibility index (Phi) is 3.81. The van der Waals surface area contributed by atoms with Crippen LogP contribution in [0.5, 0.6) is 0 Å². The Morgan fingerprint density at radius 3 is 2.80 bits per heavy atom. The summed E-state index contributed by atoms with van der Waals surface area (Å²) in [7, 11) is 0. The lowest BCUT2D eigenvalue weighted by atomic mass is 9.92. The molecule has 2 heteroatoms. The summed E-state index contributed by atoms with van der Waals surface area (Å²) in [6, 6.07) is 10.6. The van der Waals surface area contributed by atoms with E-state index in [-0.39, 0.29) is 0 Å². The van der Waals surface area contributed by atoms with E-state index >= 15 is 0 Å². The van der Waals surface area contributed by atoms with Crippen LogP contribution >= 0.6 is 15.9 Å². The van der Waals surface area contributed by atoms with Crippen molar-refractivity contribution in [3.05, 3.63) is 35.9 Å². The maximum Gasteiger partial charge on any atom is 0.0615 e. The second-order valence-electron chi connectivity index (χ2n) is 4.08. The quantitative estimate of drug-likeness (QED) is 0.755. The second-order valence-corrected chi connectivity index (χ2v) is 5.07. The van der Waals surface area contributed by atoms with E-state index in [0.29, 0.717) is 16.8 Å². The summed E-state index contributed by atoms with van der Waals surface area (Å²) in [5.41, 5.74) is 1.37. The van der Waals surface area contributed by atoms with Gasteiger partial charge in [0.05, 0.1) is 6.10 Å². The molecule has 1 aromatic rings. The number of alkyl halides is 1. The van der Waals surface area contributed by atoms with Gasteiger partial charge in [-0.05, 0) is 18.4 Å². The van der Waals surface area contributed by atoms with Crippen LogP contribution in [0.3, 0.4) is 0 Å². The highest BCUT2D eigenvalue weighted by molar-refractivity contribution is 9.09. The smallest absolute Gasteiger partial charge is 0.0615 e. The topological polar surface area (TPSA) is 9.23 Å². The molecule has 0 saturated carbocycles. The van der Waals surface area contributed by atoms with Gasteiger partial charge < -0.3 is 4.74 Å². The highest BCUT2D eigenvalue weighted by Gasteiger charge is 2.32. The molecule has 0 bridgehead atoms. The van der Waals surface area contributed by atoms with Crippen LogP contribution in [0.1, 0.15) is 30.2 Å². The molecule has 3 atom stereocenters. The van der Waals surface area contributed by atoms with E-state index in [1.54, 1.807) is 0 Å². The highest BCUT2D eigenvalue weighted by Crippen LogP contribution is 2.40. The summed E-state index contributed by atoms with van der Waals surface area (Å²) in [6.07, 6.45) is 2.71. The zero-order valence-electron chi connectivity index (χ0n) is 9.03. The van der Waals surface area contributed by atoms with Gasteiger partial charge in [0.15, 0.2) is 0 Å². The first kappa shape index (κ1) is 11.2. The number of hydrogen-bond acceptors (Lipinski definition) is 1. The molecule has 1 aliphatic heterocycles. The molecule has 0 spiro atoms. The molecular weight excluding hydrogens is 252 g/mol. The fourth-order valence-corrected chi connectivity index (χ4v) is 3.21. The number of hydrogen-bond donors (Lipinski definition) is 0. The molecule has 15 heavy (non-hydrogen) atoms. The van der Waals surface area contributed by atoms with Gasteiger partial charge in [-0.15, -0.1) is 0 Å². The van der Waals surface area contributed by atoms with Gasteiger partial charge in [0.1, 0.15) is 0 Å². The molecular formula is C13H17BrO. The number of benzene rings is 1. The molecule has 82 valence electrons. The second kappa shape index (κ2) is 5.13. The zero-order chi connectivity index (χ0) is 10.7. The molecule has 1 saturated heterocycles. The van der Waals surface area contributed by atoms with Gasteiger partial charge in [-0.3, -0.25) is 0 Å². The lowest BCUT2D eigenvalue weighted by Gasteiger charge is -2.22. The van der Waals surface area contributed by atoms with Crippen molar-refractivity contribution < 1.29 is 4.74 Å². The Bertz CT molecular complexity index is 299. The molecule has 1 aliphatic rings. The van der Waals surface area contributed by atoms with Crippen LogP contribution < -0.4 is 0 Å². The number of ether oxygens (including phenoxy) is 1. The third-order valence-corrected chi connectivity index (χ3v) is 4.36.